The van der Waals surface area contributed by atoms with Crippen molar-refractivity contribution in [2.75, 3.05) is 26.7 Å². The van der Waals surface area contributed by atoms with E-state index in [1.165, 1.54) is 37.6 Å². The molecule has 0 aliphatic heterocycles. The Bertz CT molecular complexity index is 733. The van der Waals surface area contributed by atoms with Crippen molar-refractivity contribution >= 4 is 17.0 Å². The summed E-state index contributed by atoms with van der Waals surface area (Å²) >= 11 is 0. The molecular weight excluding hydrogens is 338 g/mol. The molecule has 6 nitrogen and oxygen atoms in total. The fraction of sp³-hybridized carbons (Fsp3) is 0.619. The smallest absolute Gasteiger partial charge is 0.191 e. The van der Waals surface area contributed by atoms with Crippen LogP contribution in [-0.4, -0.2) is 48.4 Å². The molecular formula is C21H33N5O. The van der Waals surface area contributed by atoms with Crippen molar-refractivity contribution in [3.05, 3.63) is 30.1 Å². The second-order valence-corrected chi connectivity index (χ2v) is 7.21. The number of rotatable bonds is 8. The van der Waals surface area contributed by atoms with Crippen LogP contribution in [0.4, 0.5) is 0 Å². The predicted molar refractivity (Wildman–Crippen MR) is 111 cm³/mol. The highest BCUT2D eigenvalue weighted by atomic mass is 16.5. The molecule has 1 aromatic carbocycles. The van der Waals surface area contributed by atoms with Crippen LogP contribution in [0.15, 0.2) is 29.3 Å². The van der Waals surface area contributed by atoms with Crippen LogP contribution in [0.2, 0.25) is 0 Å². The maximum Gasteiger partial charge on any atom is 0.191 e. The second kappa shape index (κ2) is 10.3. The van der Waals surface area contributed by atoms with Crippen LogP contribution >= 0.6 is 0 Å². The molecule has 0 atom stereocenters. The summed E-state index contributed by atoms with van der Waals surface area (Å²) in [5, 5.41) is 6.76. The van der Waals surface area contributed by atoms with Gasteiger partial charge in [-0.2, -0.15) is 0 Å². The van der Waals surface area contributed by atoms with Gasteiger partial charge in [-0.1, -0.05) is 31.4 Å². The van der Waals surface area contributed by atoms with Crippen LogP contribution in [0, 0.1) is 6.92 Å². The number of ether oxygens (including phenoxy) is 1. The van der Waals surface area contributed by atoms with E-state index in [1.54, 1.807) is 0 Å². The van der Waals surface area contributed by atoms with E-state index in [-0.39, 0.29) is 0 Å². The van der Waals surface area contributed by atoms with Crippen LogP contribution in [0.1, 0.15) is 44.3 Å². The van der Waals surface area contributed by atoms with E-state index in [9.17, 15) is 0 Å². The first kappa shape index (κ1) is 19.7. The van der Waals surface area contributed by atoms with E-state index in [1.807, 2.05) is 13.1 Å². The van der Waals surface area contributed by atoms with Gasteiger partial charge in [0.15, 0.2) is 5.96 Å². The Hall–Kier alpha value is -2.08. The van der Waals surface area contributed by atoms with Gasteiger partial charge in [-0.15, -0.1) is 0 Å². The molecule has 0 saturated heterocycles. The standard InChI is InChI=1S/C21H33N5O/c1-17-25-19-11-6-7-12-20(19)26(17)15-14-24-21(22-2)23-13-8-16-27-18-9-4-3-5-10-18/h6-7,11-12,18H,3-5,8-10,13-16H2,1-2H3,(H2,22,23,24). The Kier molecular flexibility index (Phi) is 7.51. The van der Waals surface area contributed by atoms with Crippen LogP contribution in [-0.2, 0) is 11.3 Å². The lowest BCUT2D eigenvalue weighted by atomic mass is 9.98. The van der Waals surface area contributed by atoms with Crippen molar-refractivity contribution in [2.24, 2.45) is 4.99 Å². The van der Waals surface area contributed by atoms with E-state index in [4.69, 9.17) is 4.74 Å². The topological polar surface area (TPSA) is 63.5 Å². The zero-order valence-electron chi connectivity index (χ0n) is 16.7. The zero-order chi connectivity index (χ0) is 18.9. The summed E-state index contributed by atoms with van der Waals surface area (Å²) in [6, 6.07) is 8.27. The van der Waals surface area contributed by atoms with E-state index >= 15 is 0 Å². The maximum absolute atomic E-state index is 5.97. The van der Waals surface area contributed by atoms with Gasteiger partial charge < -0.3 is 19.9 Å². The predicted octanol–water partition coefficient (Wildman–Crippen LogP) is 3.25. The number of benzene rings is 1. The van der Waals surface area contributed by atoms with Crippen LogP contribution in [0.25, 0.3) is 11.0 Å². The maximum atomic E-state index is 5.97. The molecule has 2 aromatic rings. The number of fused-ring (bicyclic) bond motifs is 1. The highest BCUT2D eigenvalue weighted by Gasteiger charge is 2.13. The Morgan fingerprint density at radius 2 is 1.96 bits per heavy atom. The average Bonchev–Trinajstić information content (AvgIpc) is 3.02. The van der Waals surface area contributed by atoms with Gasteiger partial charge in [0, 0.05) is 33.3 Å². The lowest BCUT2D eigenvalue weighted by molar-refractivity contribution is 0.0277. The Balaban J connectivity index is 1.34. The number of nitrogens with one attached hydrogen (secondary N) is 2. The summed E-state index contributed by atoms with van der Waals surface area (Å²) in [5.74, 6) is 1.88. The first-order valence-electron chi connectivity index (χ1n) is 10.3. The van der Waals surface area contributed by atoms with Gasteiger partial charge in [-0.25, -0.2) is 4.98 Å². The Labute approximate surface area is 162 Å². The van der Waals surface area contributed by atoms with Crippen LogP contribution in [0.3, 0.4) is 0 Å². The average molecular weight is 372 g/mol. The van der Waals surface area contributed by atoms with Crippen LogP contribution in [0.5, 0.6) is 0 Å². The highest BCUT2D eigenvalue weighted by Crippen LogP contribution is 2.20. The van der Waals surface area contributed by atoms with E-state index in [2.05, 4.69) is 50.3 Å². The molecule has 27 heavy (non-hydrogen) atoms. The number of hydrogen-bond acceptors (Lipinski definition) is 3. The molecule has 6 heteroatoms. The fourth-order valence-electron chi connectivity index (χ4n) is 3.75. The minimum atomic E-state index is 0.490. The third-order valence-electron chi connectivity index (χ3n) is 5.22. The molecule has 0 unspecified atom stereocenters. The zero-order valence-corrected chi connectivity index (χ0v) is 16.7. The van der Waals surface area contributed by atoms with E-state index < -0.39 is 0 Å². The van der Waals surface area contributed by atoms with Crippen LogP contribution < -0.4 is 10.6 Å². The Morgan fingerprint density at radius 3 is 2.78 bits per heavy atom. The summed E-state index contributed by atoms with van der Waals surface area (Å²) in [7, 11) is 1.81. The second-order valence-electron chi connectivity index (χ2n) is 7.21. The summed E-state index contributed by atoms with van der Waals surface area (Å²) in [4.78, 5) is 8.92. The number of nitrogens with zero attached hydrogens (tertiary/aromatic N) is 3. The van der Waals surface area contributed by atoms with Gasteiger partial charge in [0.05, 0.1) is 17.1 Å². The quantitative estimate of drug-likeness (QED) is 0.425. The highest BCUT2D eigenvalue weighted by molar-refractivity contribution is 5.79. The van der Waals surface area contributed by atoms with Gasteiger partial charge in [0.1, 0.15) is 5.82 Å². The van der Waals surface area contributed by atoms with Gasteiger partial charge >= 0.3 is 0 Å². The minimum absolute atomic E-state index is 0.490. The molecule has 0 radical (unpaired) electrons. The number of aryl methyl sites for hydroxylation is 1. The van der Waals surface area contributed by atoms with Crippen molar-refractivity contribution < 1.29 is 4.74 Å². The van der Waals surface area contributed by atoms with Crippen molar-refractivity contribution in [3.63, 3.8) is 0 Å². The number of guanidine groups is 1. The molecule has 1 fully saturated rings. The van der Waals surface area contributed by atoms with Gasteiger partial charge in [-0.3, -0.25) is 4.99 Å². The summed E-state index contributed by atoms with van der Waals surface area (Å²) < 4.78 is 8.22. The number of para-hydroxylation sites is 2. The summed E-state index contributed by atoms with van der Waals surface area (Å²) in [6.45, 7) is 5.42. The SMILES string of the molecule is CN=C(NCCCOC1CCCCC1)NCCn1c(C)nc2ccccc21. The third-order valence-corrected chi connectivity index (χ3v) is 5.22. The molecule has 1 saturated carbocycles. The lowest BCUT2D eigenvalue weighted by Gasteiger charge is -2.22. The normalized spacial score (nSPS) is 16.0. The van der Waals surface area contributed by atoms with E-state index in [0.717, 1.165) is 50.0 Å². The third kappa shape index (κ3) is 5.70. The number of aromatic nitrogens is 2. The lowest BCUT2D eigenvalue weighted by Crippen LogP contribution is -2.39. The summed E-state index contributed by atoms with van der Waals surface area (Å²) in [6.07, 6.45) is 7.98. The molecule has 0 bridgehead atoms. The first-order chi connectivity index (χ1) is 13.3. The molecule has 1 aromatic heterocycles. The molecule has 1 aliphatic rings. The van der Waals surface area contributed by atoms with Gasteiger partial charge in [-0.05, 0) is 38.3 Å². The minimum Gasteiger partial charge on any atom is -0.378 e. The molecule has 0 spiro atoms. The number of hydrogen-bond donors (Lipinski definition) is 2. The van der Waals surface area contributed by atoms with Crippen molar-refractivity contribution in [2.45, 2.75) is 58.1 Å². The first-order valence-corrected chi connectivity index (χ1v) is 10.3. The number of imidazole rings is 1. The van der Waals surface area contributed by atoms with Crippen molar-refractivity contribution in [1.29, 1.82) is 0 Å². The van der Waals surface area contributed by atoms with Gasteiger partial charge in [0.25, 0.3) is 0 Å². The largest absolute Gasteiger partial charge is 0.378 e. The molecule has 3 rings (SSSR count). The Morgan fingerprint density at radius 1 is 1.19 bits per heavy atom. The molecule has 0 amide bonds. The molecule has 2 N–H and O–H groups in total. The molecule has 1 aliphatic carbocycles. The number of aliphatic imine (C=N–C) groups is 1. The summed E-state index contributed by atoms with van der Waals surface area (Å²) in [5.41, 5.74) is 2.23. The van der Waals surface area contributed by atoms with Gasteiger partial charge in [0.2, 0.25) is 0 Å². The van der Waals surface area contributed by atoms with Crippen molar-refractivity contribution in [3.8, 4) is 0 Å². The molecule has 1 heterocycles. The fourth-order valence-corrected chi connectivity index (χ4v) is 3.75. The van der Waals surface area contributed by atoms with Crippen molar-refractivity contribution in [1.82, 2.24) is 20.2 Å². The van der Waals surface area contributed by atoms with E-state index in [0.29, 0.717) is 6.10 Å². The monoisotopic (exact) mass is 371 g/mol. The molecule has 148 valence electrons.